The first kappa shape index (κ1) is 10.9. The number of aryl methyl sites for hydroxylation is 1. The highest BCUT2D eigenvalue weighted by Gasteiger charge is 2.05. The third-order valence-electron chi connectivity index (χ3n) is 2.29. The molecule has 0 aliphatic carbocycles. The molecular weight excluding hydrogens is 316 g/mol. The summed E-state index contributed by atoms with van der Waals surface area (Å²) in [7, 11) is 0. The summed E-state index contributed by atoms with van der Waals surface area (Å²) in [5.41, 5.74) is 3.69. The first-order valence-corrected chi connectivity index (χ1v) is 6.28. The van der Waals surface area contributed by atoms with Crippen LogP contribution in [-0.2, 0) is 0 Å². The molecule has 0 aliphatic rings. The van der Waals surface area contributed by atoms with Gasteiger partial charge in [0.25, 0.3) is 0 Å². The van der Waals surface area contributed by atoms with Crippen LogP contribution in [0.25, 0.3) is 11.1 Å². The summed E-state index contributed by atoms with van der Waals surface area (Å²) in [4.78, 5) is 0. The average molecular weight is 326 g/mol. The molecule has 0 saturated heterocycles. The molecule has 0 atom stereocenters. The fourth-order valence-corrected chi connectivity index (χ4v) is 2.72. The fourth-order valence-electron chi connectivity index (χ4n) is 1.52. The molecule has 0 saturated carbocycles. The third-order valence-corrected chi connectivity index (χ3v) is 3.64. The van der Waals surface area contributed by atoms with Crippen molar-refractivity contribution in [2.75, 3.05) is 0 Å². The first-order valence-electron chi connectivity index (χ1n) is 4.69. The maximum atomic E-state index is 3.60. The van der Waals surface area contributed by atoms with E-state index in [9.17, 15) is 0 Å². The molecule has 76 valence electrons. The highest BCUT2D eigenvalue weighted by atomic mass is 79.9. The van der Waals surface area contributed by atoms with Crippen molar-refractivity contribution in [2.24, 2.45) is 0 Å². The lowest BCUT2D eigenvalue weighted by atomic mass is 10.0. The molecule has 2 aromatic rings. The minimum absolute atomic E-state index is 1.12. The minimum Gasteiger partial charge on any atom is -0.0616 e. The monoisotopic (exact) mass is 324 g/mol. The van der Waals surface area contributed by atoms with Gasteiger partial charge in [0.15, 0.2) is 0 Å². The average Bonchev–Trinajstić information content (AvgIpc) is 2.20. The SMILES string of the molecule is Cc1ccc(-c2ccccc2Br)c(Br)c1. The topological polar surface area (TPSA) is 0 Å². The summed E-state index contributed by atoms with van der Waals surface area (Å²) in [5, 5.41) is 0. The third kappa shape index (κ3) is 2.32. The van der Waals surface area contributed by atoms with Crippen molar-refractivity contribution >= 4 is 31.9 Å². The molecule has 0 nitrogen and oxygen atoms in total. The highest BCUT2D eigenvalue weighted by Crippen LogP contribution is 2.33. The van der Waals surface area contributed by atoms with Gasteiger partial charge >= 0.3 is 0 Å². The van der Waals surface area contributed by atoms with E-state index in [1.54, 1.807) is 0 Å². The van der Waals surface area contributed by atoms with Crippen LogP contribution >= 0.6 is 31.9 Å². The maximum absolute atomic E-state index is 3.60. The largest absolute Gasteiger partial charge is 0.0616 e. The van der Waals surface area contributed by atoms with Crippen LogP contribution in [0.15, 0.2) is 51.4 Å². The van der Waals surface area contributed by atoms with Gasteiger partial charge in [0.1, 0.15) is 0 Å². The van der Waals surface area contributed by atoms with Gasteiger partial charge in [0.2, 0.25) is 0 Å². The summed E-state index contributed by atoms with van der Waals surface area (Å²) in [6.07, 6.45) is 0. The molecule has 0 amide bonds. The van der Waals surface area contributed by atoms with Gasteiger partial charge in [-0.3, -0.25) is 0 Å². The lowest BCUT2D eigenvalue weighted by Crippen LogP contribution is -1.82. The molecular formula is C13H10Br2. The predicted molar refractivity (Wildman–Crippen MR) is 72.0 cm³/mol. The zero-order valence-corrected chi connectivity index (χ0v) is 11.5. The van der Waals surface area contributed by atoms with E-state index >= 15 is 0 Å². The quantitative estimate of drug-likeness (QED) is 0.677. The van der Waals surface area contributed by atoms with E-state index in [1.165, 1.54) is 16.7 Å². The van der Waals surface area contributed by atoms with Gasteiger partial charge in [-0.05, 0) is 35.7 Å². The van der Waals surface area contributed by atoms with Crippen LogP contribution in [0.5, 0.6) is 0 Å². The Hall–Kier alpha value is -0.600. The van der Waals surface area contributed by atoms with E-state index in [-0.39, 0.29) is 0 Å². The molecule has 2 rings (SSSR count). The Labute approximate surface area is 107 Å². The second kappa shape index (κ2) is 4.50. The van der Waals surface area contributed by atoms with Crippen LogP contribution in [0.1, 0.15) is 5.56 Å². The van der Waals surface area contributed by atoms with E-state index < -0.39 is 0 Å². The van der Waals surface area contributed by atoms with Gasteiger partial charge in [-0.25, -0.2) is 0 Å². The number of hydrogen-bond acceptors (Lipinski definition) is 0. The van der Waals surface area contributed by atoms with Crippen molar-refractivity contribution in [1.29, 1.82) is 0 Å². The molecule has 15 heavy (non-hydrogen) atoms. The second-order valence-electron chi connectivity index (χ2n) is 3.46. The smallest absolute Gasteiger partial charge is 0.0256 e. The van der Waals surface area contributed by atoms with Gasteiger partial charge < -0.3 is 0 Å². The lowest BCUT2D eigenvalue weighted by Gasteiger charge is -2.07. The van der Waals surface area contributed by atoms with Crippen molar-refractivity contribution in [3.63, 3.8) is 0 Å². The van der Waals surface area contributed by atoms with E-state index in [1.807, 2.05) is 12.1 Å². The van der Waals surface area contributed by atoms with Crippen LogP contribution in [0.4, 0.5) is 0 Å². The molecule has 0 radical (unpaired) electrons. The Kier molecular flexibility index (Phi) is 3.27. The molecule has 0 aromatic heterocycles. The second-order valence-corrected chi connectivity index (χ2v) is 5.17. The summed E-state index contributed by atoms with van der Waals surface area (Å²) < 4.78 is 2.25. The van der Waals surface area contributed by atoms with Crippen molar-refractivity contribution in [2.45, 2.75) is 6.92 Å². The lowest BCUT2D eigenvalue weighted by molar-refractivity contribution is 1.44. The van der Waals surface area contributed by atoms with Gasteiger partial charge in [0.05, 0.1) is 0 Å². The van der Waals surface area contributed by atoms with E-state index in [0.29, 0.717) is 0 Å². The zero-order chi connectivity index (χ0) is 10.8. The standard InChI is InChI=1S/C13H10Br2/c1-9-6-7-11(13(15)8-9)10-4-2-3-5-12(10)14/h2-8H,1H3. The van der Waals surface area contributed by atoms with Crippen molar-refractivity contribution in [3.8, 4) is 11.1 Å². The Morgan fingerprint density at radius 2 is 1.47 bits per heavy atom. The molecule has 0 unspecified atom stereocenters. The first-order chi connectivity index (χ1) is 7.18. The molecule has 0 spiro atoms. The molecule has 0 fully saturated rings. The fraction of sp³-hybridized carbons (Fsp3) is 0.0769. The number of halogens is 2. The molecule has 0 N–H and O–H groups in total. The molecule has 0 heterocycles. The van der Waals surface area contributed by atoms with E-state index in [2.05, 4.69) is 69.1 Å². The molecule has 2 heteroatoms. The predicted octanol–water partition coefficient (Wildman–Crippen LogP) is 5.19. The van der Waals surface area contributed by atoms with Gasteiger partial charge in [0, 0.05) is 8.95 Å². The normalized spacial score (nSPS) is 10.3. The van der Waals surface area contributed by atoms with Gasteiger partial charge in [-0.15, -0.1) is 0 Å². The van der Waals surface area contributed by atoms with E-state index in [0.717, 1.165) is 8.95 Å². The summed E-state index contributed by atoms with van der Waals surface area (Å²) in [5.74, 6) is 0. The molecule has 0 aliphatic heterocycles. The maximum Gasteiger partial charge on any atom is 0.0256 e. The Morgan fingerprint density at radius 1 is 0.800 bits per heavy atom. The van der Waals surface area contributed by atoms with Crippen molar-refractivity contribution in [3.05, 3.63) is 57.0 Å². The highest BCUT2D eigenvalue weighted by molar-refractivity contribution is 9.11. The molecule has 0 bridgehead atoms. The number of hydrogen-bond donors (Lipinski definition) is 0. The van der Waals surface area contributed by atoms with Gasteiger partial charge in [-0.1, -0.05) is 62.2 Å². The van der Waals surface area contributed by atoms with E-state index in [4.69, 9.17) is 0 Å². The number of rotatable bonds is 1. The van der Waals surface area contributed by atoms with Crippen LogP contribution in [-0.4, -0.2) is 0 Å². The summed E-state index contributed by atoms with van der Waals surface area (Å²) >= 11 is 7.16. The van der Waals surface area contributed by atoms with Crippen molar-refractivity contribution < 1.29 is 0 Å². The van der Waals surface area contributed by atoms with Crippen LogP contribution in [0.3, 0.4) is 0 Å². The van der Waals surface area contributed by atoms with Crippen LogP contribution in [0.2, 0.25) is 0 Å². The number of benzene rings is 2. The Morgan fingerprint density at radius 3 is 2.13 bits per heavy atom. The van der Waals surface area contributed by atoms with Gasteiger partial charge in [-0.2, -0.15) is 0 Å². The zero-order valence-electron chi connectivity index (χ0n) is 8.30. The molecule has 2 aromatic carbocycles. The summed E-state index contributed by atoms with van der Waals surface area (Å²) in [6, 6.07) is 14.6. The summed E-state index contributed by atoms with van der Waals surface area (Å²) in [6.45, 7) is 2.09. The minimum atomic E-state index is 1.12. The Bertz CT molecular complexity index is 490. The Balaban J connectivity index is 2.60. The van der Waals surface area contributed by atoms with Crippen LogP contribution < -0.4 is 0 Å². The van der Waals surface area contributed by atoms with Crippen molar-refractivity contribution in [1.82, 2.24) is 0 Å². The van der Waals surface area contributed by atoms with Crippen LogP contribution in [0, 0.1) is 6.92 Å².